The van der Waals surface area contributed by atoms with Gasteiger partial charge in [0, 0.05) is 19.0 Å². The van der Waals surface area contributed by atoms with Gasteiger partial charge in [0.05, 0.1) is 20.1 Å². The van der Waals surface area contributed by atoms with Crippen LogP contribution < -0.4 is 5.32 Å². The molecule has 24 heavy (non-hydrogen) atoms. The van der Waals surface area contributed by atoms with E-state index in [9.17, 15) is 13.2 Å². The maximum Gasteiger partial charge on any atom is 0.279 e. The Morgan fingerprint density at radius 1 is 1.42 bits per heavy atom. The van der Waals surface area contributed by atoms with Gasteiger partial charge in [-0.05, 0) is 25.1 Å². The molecule has 3 aromatic rings. The first-order chi connectivity index (χ1) is 11.3. The number of benzene rings is 1. The summed E-state index contributed by atoms with van der Waals surface area (Å²) in [6, 6.07) is 4.64. The van der Waals surface area contributed by atoms with E-state index in [4.69, 9.17) is 11.6 Å². The van der Waals surface area contributed by atoms with Crippen LogP contribution in [-0.4, -0.2) is 35.3 Å². The number of thiazole rings is 1. The molecule has 0 atom stereocenters. The fourth-order valence-corrected chi connectivity index (χ4v) is 3.92. The number of anilines is 1. The van der Waals surface area contributed by atoms with Crippen LogP contribution in [0.2, 0.25) is 5.02 Å². The van der Waals surface area contributed by atoms with E-state index < -0.39 is 15.7 Å². The zero-order chi connectivity index (χ0) is 17.5. The Balaban J connectivity index is 1.90. The molecule has 3 rings (SSSR count). The Labute approximate surface area is 147 Å². The molecule has 0 fully saturated rings. The van der Waals surface area contributed by atoms with Gasteiger partial charge in [0.2, 0.25) is 0 Å². The van der Waals surface area contributed by atoms with Crippen LogP contribution in [0.15, 0.2) is 29.3 Å². The summed E-state index contributed by atoms with van der Waals surface area (Å²) in [4.78, 5) is 16.7. The van der Waals surface area contributed by atoms with Gasteiger partial charge in [-0.25, -0.2) is 13.4 Å². The third kappa shape index (κ3) is 3.28. The van der Waals surface area contributed by atoms with Crippen molar-refractivity contribution in [3.05, 3.63) is 35.1 Å². The lowest BCUT2D eigenvalue weighted by atomic mass is 10.3. The highest BCUT2D eigenvalue weighted by Gasteiger charge is 2.17. The van der Waals surface area contributed by atoms with E-state index >= 15 is 0 Å². The number of amides is 1. The number of nitrogens with zero attached hydrogens (tertiary/aromatic N) is 3. The van der Waals surface area contributed by atoms with Crippen molar-refractivity contribution in [3.8, 4) is 0 Å². The van der Waals surface area contributed by atoms with Gasteiger partial charge >= 0.3 is 0 Å². The van der Waals surface area contributed by atoms with Crippen LogP contribution in [0.5, 0.6) is 0 Å². The van der Waals surface area contributed by atoms with Crippen molar-refractivity contribution in [1.29, 1.82) is 0 Å². The fraction of sp³-hybridized carbons (Fsp3) is 0.214. The predicted octanol–water partition coefficient (Wildman–Crippen LogP) is 2.82. The normalized spacial score (nSPS) is 11.8. The molecule has 1 amide bonds. The molecule has 0 saturated heterocycles. The van der Waals surface area contributed by atoms with Crippen LogP contribution in [0.4, 0.5) is 5.13 Å². The first kappa shape index (κ1) is 16.9. The molecule has 0 saturated carbocycles. The third-order valence-corrected chi connectivity index (χ3v) is 5.59. The van der Waals surface area contributed by atoms with Gasteiger partial charge in [-0.15, -0.1) is 0 Å². The topological polar surface area (TPSA) is 94.0 Å². The quantitative estimate of drug-likeness (QED) is 0.746. The van der Waals surface area contributed by atoms with Gasteiger partial charge in [0.15, 0.2) is 20.7 Å². The summed E-state index contributed by atoms with van der Waals surface area (Å²) >= 11 is 7.19. The van der Waals surface area contributed by atoms with Crippen LogP contribution in [0.1, 0.15) is 17.4 Å². The van der Waals surface area contributed by atoms with Crippen molar-refractivity contribution in [2.75, 3.05) is 11.6 Å². The average Bonchev–Trinajstić information content (AvgIpc) is 3.07. The molecule has 2 aromatic heterocycles. The van der Waals surface area contributed by atoms with Gasteiger partial charge in [-0.1, -0.05) is 22.9 Å². The number of hydrogen-bond acceptors (Lipinski definition) is 6. The molecule has 0 aliphatic heterocycles. The molecule has 0 aliphatic carbocycles. The standard InChI is InChI=1S/C14H13ClN4O3S2/c1-3-19-7-9(15)12(18-19)13(20)17-14-16-10-5-4-8(24(2,21)22)6-11(10)23-14/h4-7H,3H2,1-2H3,(H,16,17,20). The van der Waals surface area contributed by atoms with Crippen LogP contribution >= 0.6 is 22.9 Å². The first-order valence-corrected chi connectivity index (χ1v) is 10.0. The van der Waals surface area contributed by atoms with Gasteiger partial charge in [0.1, 0.15) is 0 Å². The number of nitrogens with one attached hydrogen (secondary N) is 1. The van der Waals surface area contributed by atoms with Gasteiger partial charge in [0.25, 0.3) is 5.91 Å². The highest BCUT2D eigenvalue weighted by Crippen LogP contribution is 2.28. The first-order valence-electron chi connectivity index (χ1n) is 6.93. The number of hydrogen-bond donors (Lipinski definition) is 1. The fourth-order valence-electron chi connectivity index (χ4n) is 2.06. The van der Waals surface area contributed by atoms with E-state index in [0.29, 0.717) is 21.9 Å². The van der Waals surface area contributed by atoms with E-state index in [-0.39, 0.29) is 15.6 Å². The Kier molecular flexibility index (Phi) is 4.33. The lowest BCUT2D eigenvalue weighted by Gasteiger charge is -1.98. The molecule has 126 valence electrons. The van der Waals surface area contributed by atoms with Crippen LogP contribution in [0.25, 0.3) is 10.2 Å². The highest BCUT2D eigenvalue weighted by atomic mass is 35.5. The molecule has 1 N–H and O–H groups in total. The summed E-state index contributed by atoms with van der Waals surface area (Å²) in [6.07, 6.45) is 2.72. The van der Waals surface area contributed by atoms with E-state index in [0.717, 1.165) is 6.26 Å². The molecule has 0 spiro atoms. The van der Waals surface area contributed by atoms with E-state index in [1.165, 1.54) is 23.5 Å². The van der Waals surface area contributed by atoms with Gasteiger partial charge in [-0.3, -0.25) is 14.8 Å². The average molecular weight is 385 g/mol. The van der Waals surface area contributed by atoms with E-state index in [2.05, 4.69) is 15.4 Å². The lowest BCUT2D eigenvalue weighted by Crippen LogP contribution is -2.13. The number of rotatable bonds is 4. The van der Waals surface area contributed by atoms with Crippen molar-refractivity contribution in [2.24, 2.45) is 0 Å². The summed E-state index contributed by atoms with van der Waals surface area (Å²) in [5, 5.41) is 7.35. The molecule has 0 radical (unpaired) electrons. The molecule has 10 heteroatoms. The van der Waals surface area contributed by atoms with Crippen molar-refractivity contribution in [1.82, 2.24) is 14.8 Å². The Morgan fingerprint density at radius 2 is 2.17 bits per heavy atom. The Bertz CT molecular complexity index is 1040. The second-order valence-corrected chi connectivity index (χ2v) is 8.51. The number of fused-ring (bicyclic) bond motifs is 1. The molecule has 0 bridgehead atoms. The van der Waals surface area contributed by atoms with Crippen molar-refractivity contribution < 1.29 is 13.2 Å². The minimum Gasteiger partial charge on any atom is -0.296 e. The maximum atomic E-state index is 12.3. The molecule has 7 nitrogen and oxygen atoms in total. The molecule has 1 aromatic carbocycles. The van der Waals surface area contributed by atoms with Gasteiger partial charge < -0.3 is 0 Å². The number of aromatic nitrogens is 3. The SMILES string of the molecule is CCn1cc(Cl)c(C(=O)Nc2nc3ccc(S(C)(=O)=O)cc3s2)n1. The monoisotopic (exact) mass is 384 g/mol. The maximum absolute atomic E-state index is 12.3. The molecule has 0 aliphatic rings. The van der Waals surface area contributed by atoms with Crippen LogP contribution in [0, 0.1) is 0 Å². The van der Waals surface area contributed by atoms with Crippen molar-refractivity contribution in [3.63, 3.8) is 0 Å². The number of aryl methyl sites for hydroxylation is 1. The molecular formula is C14H13ClN4O3S2. The largest absolute Gasteiger partial charge is 0.296 e. The van der Waals surface area contributed by atoms with Crippen LogP contribution in [-0.2, 0) is 16.4 Å². The predicted molar refractivity (Wildman–Crippen MR) is 93.6 cm³/mol. The van der Waals surface area contributed by atoms with E-state index in [1.807, 2.05) is 6.92 Å². The number of sulfone groups is 1. The molecular weight excluding hydrogens is 372 g/mol. The zero-order valence-electron chi connectivity index (χ0n) is 12.8. The van der Waals surface area contributed by atoms with Gasteiger partial charge in [-0.2, -0.15) is 5.10 Å². The molecule has 0 unspecified atom stereocenters. The second kappa shape index (κ2) is 6.15. The summed E-state index contributed by atoms with van der Waals surface area (Å²) in [5.41, 5.74) is 0.725. The lowest BCUT2D eigenvalue weighted by molar-refractivity contribution is 0.102. The summed E-state index contributed by atoms with van der Waals surface area (Å²) in [6.45, 7) is 2.49. The summed E-state index contributed by atoms with van der Waals surface area (Å²) < 4.78 is 25.4. The Hall–Kier alpha value is -1.97. The van der Waals surface area contributed by atoms with Crippen molar-refractivity contribution >= 4 is 54.0 Å². The highest BCUT2D eigenvalue weighted by molar-refractivity contribution is 7.90. The number of halogens is 1. The van der Waals surface area contributed by atoms with Crippen LogP contribution in [0.3, 0.4) is 0 Å². The summed E-state index contributed by atoms with van der Waals surface area (Å²) in [7, 11) is -3.30. The summed E-state index contributed by atoms with van der Waals surface area (Å²) in [5.74, 6) is -0.463. The third-order valence-electron chi connectivity index (χ3n) is 3.26. The minimum atomic E-state index is -3.30. The van der Waals surface area contributed by atoms with E-state index in [1.54, 1.807) is 16.9 Å². The zero-order valence-corrected chi connectivity index (χ0v) is 15.2. The number of carbonyl (C=O) groups excluding carboxylic acids is 1. The number of carbonyl (C=O) groups is 1. The minimum absolute atomic E-state index is 0.120. The molecule has 2 heterocycles. The second-order valence-electron chi connectivity index (χ2n) is 5.06. The smallest absolute Gasteiger partial charge is 0.279 e. The Morgan fingerprint density at radius 3 is 2.79 bits per heavy atom. The van der Waals surface area contributed by atoms with Crippen molar-refractivity contribution in [2.45, 2.75) is 18.4 Å².